The van der Waals surface area contributed by atoms with Crippen LogP contribution in [0.15, 0.2) is 4.52 Å². The molecule has 1 aliphatic rings. The van der Waals surface area contributed by atoms with Crippen LogP contribution in [0.4, 0.5) is 0 Å². The summed E-state index contributed by atoms with van der Waals surface area (Å²) in [4.78, 5) is 4.44. The molecule has 1 aromatic rings. The van der Waals surface area contributed by atoms with Crippen molar-refractivity contribution in [1.29, 1.82) is 0 Å². The van der Waals surface area contributed by atoms with Gasteiger partial charge in [0.2, 0.25) is 5.89 Å². The fourth-order valence-corrected chi connectivity index (χ4v) is 1.66. The second-order valence-corrected chi connectivity index (χ2v) is 4.57. The van der Waals surface area contributed by atoms with E-state index in [1.165, 1.54) is 12.8 Å². The van der Waals surface area contributed by atoms with Crippen LogP contribution < -0.4 is 5.32 Å². The van der Waals surface area contributed by atoms with Crippen LogP contribution in [0.5, 0.6) is 0 Å². The summed E-state index contributed by atoms with van der Waals surface area (Å²) in [6.45, 7) is 4.73. The molecule has 1 N–H and O–H groups in total. The minimum Gasteiger partial charge on any atom is -0.338 e. The Bertz CT molecular complexity index is 387. The summed E-state index contributed by atoms with van der Waals surface area (Å²) >= 11 is 0. The van der Waals surface area contributed by atoms with Gasteiger partial charge in [0.1, 0.15) is 0 Å². The quantitative estimate of drug-likeness (QED) is 0.768. The van der Waals surface area contributed by atoms with Gasteiger partial charge in [-0.2, -0.15) is 4.98 Å². The van der Waals surface area contributed by atoms with E-state index in [0.717, 1.165) is 5.82 Å². The van der Waals surface area contributed by atoms with E-state index in [1.807, 2.05) is 0 Å². The van der Waals surface area contributed by atoms with Gasteiger partial charge in [-0.1, -0.05) is 24.9 Å². The molecule has 86 valence electrons. The third-order valence-electron chi connectivity index (χ3n) is 2.76. The maximum atomic E-state index is 5.29. The largest absolute Gasteiger partial charge is 0.338 e. The van der Waals surface area contributed by atoms with Gasteiger partial charge in [0, 0.05) is 5.92 Å². The maximum Gasteiger partial charge on any atom is 0.244 e. The lowest BCUT2D eigenvalue weighted by Gasteiger charge is -2.16. The molecule has 0 unspecified atom stereocenters. The summed E-state index contributed by atoms with van der Waals surface area (Å²) in [7, 11) is 0. The van der Waals surface area contributed by atoms with E-state index >= 15 is 0 Å². The van der Waals surface area contributed by atoms with Gasteiger partial charge in [-0.15, -0.1) is 6.42 Å². The molecule has 1 aliphatic carbocycles. The Hall–Kier alpha value is -1.34. The zero-order valence-corrected chi connectivity index (χ0v) is 9.73. The van der Waals surface area contributed by atoms with E-state index < -0.39 is 0 Å². The summed E-state index contributed by atoms with van der Waals surface area (Å²) in [5.74, 6) is 4.97. The van der Waals surface area contributed by atoms with Gasteiger partial charge in [0.15, 0.2) is 5.82 Å². The van der Waals surface area contributed by atoms with Crippen LogP contribution in [-0.2, 0) is 0 Å². The van der Waals surface area contributed by atoms with Gasteiger partial charge in [-0.05, 0) is 18.8 Å². The Morgan fingerprint density at radius 3 is 2.88 bits per heavy atom. The molecule has 1 saturated carbocycles. The molecule has 1 heterocycles. The van der Waals surface area contributed by atoms with Gasteiger partial charge in [-0.25, -0.2) is 0 Å². The first-order valence-electron chi connectivity index (χ1n) is 5.72. The van der Waals surface area contributed by atoms with Crippen LogP contribution in [0.2, 0.25) is 0 Å². The highest BCUT2D eigenvalue weighted by Crippen LogP contribution is 2.38. The van der Waals surface area contributed by atoms with Crippen LogP contribution in [0.25, 0.3) is 0 Å². The molecule has 0 bridgehead atoms. The highest BCUT2D eigenvalue weighted by atomic mass is 16.5. The van der Waals surface area contributed by atoms with Crippen molar-refractivity contribution in [3.05, 3.63) is 11.7 Å². The van der Waals surface area contributed by atoms with Gasteiger partial charge in [-0.3, -0.25) is 5.32 Å². The standard InChI is InChI=1S/C12H17N3O/c1-4-7-13-10(8(2)3)12-14-11(15-16-12)9-5-6-9/h1,8-10,13H,5-7H2,2-3H3/t10-/m1/s1. The Labute approximate surface area is 95.8 Å². The van der Waals surface area contributed by atoms with Crippen molar-refractivity contribution in [3.8, 4) is 12.3 Å². The number of hydrogen-bond donors (Lipinski definition) is 1. The average molecular weight is 219 g/mol. The molecular weight excluding hydrogens is 202 g/mol. The normalized spacial score (nSPS) is 17.4. The molecule has 4 heteroatoms. The third-order valence-corrected chi connectivity index (χ3v) is 2.76. The number of aromatic nitrogens is 2. The maximum absolute atomic E-state index is 5.29. The van der Waals surface area contributed by atoms with E-state index in [2.05, 4.69) is 35.2 Å². The molecule has 2 rings (SSSR count). The third kappa shape index (κ3) is 2.42. The lowest BCUT2D eigenvalue weighted by atomic mass is 10.0. The predicted molar refractivity (Wildman–Crippen MR) is 60.7 cm³/mol. The van der Waals surface area contributed by atoms with Gasteiger partial charge in [0.25, 0.3) is 0 Å². The number of hydrogen-bond acceptors (Lipinski definition) is 4. The highest BCUT2D eigenvalue weighted by molar-refractivity contribution is 5.05. The summed E-state index contributed by atoms with van der Waals surface area (Å²) in [5.41, 5.74) is 0. The van der Waals surface area contributed by atoms with E-state index in [9.17, 15) is 0 Å². The van der Waals surface area contributed by atoms with Crippen molar-refractivity contribution < 1.29 is 4.52 Å². The first-order valence-corrected chi connectivity index (χ1v) is 5.72. The smallest absolute Gasteiger partial charge is 0.244 e. The fourth-order valence-electron chi connectivity index (χ4n) is 1.66. The second kappa shape index (κ2) is 4.67. The van der Waals surface area contributed by atoms with E-state index in [0.29, 0.717) is 24.3 Å². The van der Waals surface area contributed by atoms with Crippen molar-refractivity contribution in [2.75, 3.05) is 6.54 Å². The molecule has 0 radical (unpaired) electrons. The first-order chi connectivity index (χ1) is 7.72. The van der Waals surface area contributed by atoms with Crippen molar-refractivity contribution in [2.45, 2.75) is 38.6 Å². The molecule has 4 nitrogen and oxygen atoms in total. The number of rotatable bonds is 5. The minimum absolute atomic E-state index is 0.0519. The van der Waals surface area contributed by atoms with Crippen molar-refractivity contribution >= 4 is 0 Å². The first kappa shape index (κ1) is 11.2. The Morgan fingerprint density at radius 1 is 1.56 bits per heavy atom. The molecule has 0 aromatic carbocycles. The monoisotopic (exact) mass is 219 g/mol. The molecular formula is C12H17N3O. The van der Waals surface area contributed by atoms with Gasteiger partial charge < -0.3 is 4.52 Å². The predicted octanol–water partition coefficient (Wildman–Crippen LogP) is 1.87. The molecule has 0 saturated heterocycles. The van der Waals surface area contributed by atoms with Crippen LogP contribution in [0.3, 0.4) is 0 Å². The lowest BCUT2D eigenvalue weighted by Crippen LogP contribution is -2.26. The second-order valence-electron chi connectivity index (χ2n) is 4.57. The SMILES string of the molecule is C#CCN[C@@H](c1nc(C2CC2)no1)C(C)C. The summed E-state index contributed by atoms with van der Waals surface area (Å²) < 4.78 is 5.29. The minimum atomic E-state index is 0.0519. The van der Waals surface area contributed by atoms with Crippen LogP contribution in [0.1, 0.15) is 50.4 Å². The molecule has 1 atom stereocenters. The van der Waals surface area contributed by atoms with Gasteiger partial charge in [0.05, 0.1) is 12.6 Å². The fraction of sp³-hybridized carbons (Fsp3) is 0.667. The highest BCUT2D eigenvalue weighted by Gasteiger charge is 2.30. The molecule has 1 fully saturated rings. The zero-order chi connectivity index (χ0) is 11.5. The molecule has 0 spiro atoms. The summed E-state index contributed by atoms with van der Waals surface area (Å²) in [5, 5.41) is 7.24. The summed E-state index contributed by atoms with van der Waals surface area (Å²) in [6.07, 6.45) is 7.61. The van der Waals surface area contributed by atoms with E-state index in [4.69, 9.17) is 10.9 Å². The van der Waals surface area contributed by atoms with E-state index in [-0.39, 0.29) is 6.04 Å². The Morgan fingerprint density at radius 2 is 2.31 bits per heavy atom. The van der Waals surface area contributed by atoms with Crippen LogP contribution in [0, 0.1) is 18.3 Å². The molecule has 16 heavy (non-hydrogen) atoms. The number of terminal acetylenes is 1. The molecule has 1 aromatic heterocycles. The lowest BCUT2D eigenvalue weighted by molar-refractivity contribution is 0.294. The zero-order valence-electron chi connectivity index (χ0n) is 9.73. The molecule has 0 aliphatic heterocycles. The van der Waals surface area contributed by atoms with Crippen LogP contribution >= 0.6 is 0 Å². The average Bonchev–Trinajstić information content (AvgIpc) is 2.99. The van der Waals surface area contributed by atoms with Crippen molar-refractivity contribution in [2.24, 2.45) is 5.92 Å². The van der Waals surface area contributed by atoms with Crippen molar-refractivity contribution in [1.82, 2.24) is 15.5 Å². The van der Waals surface area contributed by atoms with Gasteiger partial charge >= 0.3 is 0 Å². The number of nitrogens with zero attached hydrogens (tertiary/aromatic N) is 2. The number of nitrogens with one attached hydrogen (secondary N) is 1. The van der Waals surface area contributed by atoms with E-state index in [1.54, 1.807) is 0 Å². The Balaban J connectivity index is 2.08. The topological polar surface area (TPSA) is 51.0 Å². The van der Waals surface area contributed by atoms with Crippen LogP contribution in [-0.4, -0.2) is 16.7 Å². The molecule has 0 amide bonds. The van der Waals surface area contributed by atoms with Crippen molar-refractivity contribution in [3.63, 3.8) is 0 Å². The Kier molecular flexibility index (Phi) is 3.25. The summed E-state index contributed by atoms with van der Waals surface area (Å²) in [6, 6.07) is 0.0519.